The third-order valence-electron chi connectivity index (χ3n) is 4.36. The van der Waals surface area contributed by atoms with Gasteiger partial charge in [0.05, 0.1) is 4.87 Å². The molecule has 0 spiro atoms. The minimum atomic E-state index is -0.363. The van der Waals surface area contributed by atoms with Crippen molar-refractivity contribution in [2.45, 2.75) is 49.6 Å². The summed E-state index contributed by atoms with van der Waals surface area (Å²) in [6.45, 7) is 2.52. The summed E-state index contributed by atoms with van der Waals surface area (Å²) < 4.78 is 0. The van der Waals surface area contributed by atoms with Gasteiger partial charge < -0.3 is 15.5 Å². The number of nitrogens with one attached hydrogen (secondary N) is 2. The fourth-order valence-corrected chi connectivity index (χ4v) is 4.60. The lowest BCUT2D eigenvalue weighted by atomic mass is 10.1. The van der Waals surface area contributed by atoms with Crippen LogP contribution in [0.1, 0.15) is 32.6 Å². The highest BCUT2D eigenvalue weighted by Crippen LogP contribution is 2.47. The van der Waals surface area contributed by atoms with Crippen LogP contribution in [0, 0.1) is 0 Å². The average molecular weight is 297 g/mol. The Morgan fingerprint density at radius 2 is 2.25 bits per heavy atom. The molecule has 0 aliphatic carbocycles. The minimum absolute atomic E-state index is 0.0187. The number of hydrogen-bond donors (Lipinski definition) is 2. The maximum absolute atomic E-state index is 12.4. The van der Waals surface area contributed by atoms with Crippen LogP contribution in [0.2, 0.25) is 0 Å². The van der Waals surface area contributed by atoms with Crippen molar-refractivity contribution in [3.05, 3.63) is 0 Å². The van der Waals surface area contributed by atoms with E-state index in [1.165, 1.54) is 0 Å². The Morgan fingerprint density at radius 1 is 1.45 bits per heavy atom. The Hall–Kier alpha value is -1.24. The van der Waals surface area contributed by atoms with Crippen molar-refractivity contribution in [2.75, 3.05) is 12.3 Å². The van der Waals surface area contributed by atoms with Crippen LogP contribution in [-0.2, 0) is 14.4 Å². The summed E-state index contributed by atoms with van der Waals surface area (Å²) in [5.74, 6) is 0.689. The second kappa shape index (κ2) is 4.95. The number of nitrogens with zero attached hydrogens (tertiary/aromatic N) is 1. The van der Waals surface area contributed by atoms with Crippen LogP contribution in [0.15, 0.2) is 0 Å². The van der Waals surface area contributed by atoms with Crippen molar-refractivity contribution >= 4 is 29.5 Å². The Morgan fingerprint density at radius 3 is 2.95 bits per heavy atom. The van der Waals surface area contributed by atoms with E-state index in [2.05, 4.69) is 10.6 Å². The number of fused-ring (bicyclic) bond motifs is 1. The highest BCUT2D eigenvalue weighted by molar-refractivity contribution is 8.01. The first-order valence-corrected chi connectivity index (χ1v) is 8.01. The smallest absolute Gasteiger partial charge is 0.243 e. The lowest BCUT2D eigenvalue weighted by Crippen LogP contribution is -2.55. The quantitative estimate of drug-likeness (QED) is 0.742. The molecule has 0 radical (unpaired) electrons. The van der Waals surface area contributed by atoms with Gasteiger partial charge in [0.1, 0.15) is 6.04 Å². The fourth-order valence-electron chi connectivity index (χ4n) is 3.17. The first kappa shape index (κ1) is 13.7. The molecule has 3 aliphatic heterocycles. The van der Waals surface area contributed by atoms with Crippen molar-refractivity contribution in [3.8, 4) is 0 Å². The summed E-state index contributed by atoms with van der Waals surface area (Å²) >= 11 is 1.69. The first-order chi connectivity index (χ1) is 9.49. The molecule has 3 aliphatic rings. The first-order valence-electron chi connectivity index (χ1n) is 7.03. The van der Waals surface area contributed by atoms with E-state index in [4.69, 9.17) is 0 Å². The molecule has 2 N–H and O–H groups in total. The van der Waals surface area contributed by atoms with Crippen LogP contribution in [-0.4, -0.2) is 51.9 Å². The zero-order valence-electron chi connectivity index (χ0n) is 11.5. The van der Waals surface area contributed by atoms with Crippen molar-refractivity contribution in [1.29, 1.82) is 0 Å². The van der Waals surface area contributed by atoms with Gasteiger partial charge in [-0.1, -0.05) is 0 Å². The molecule has 3 saturated heterocycles. The molecule has 0 aromatic carbocycles. The SMILES string of the molecule is CC12CCC(=O)N1C(C(=O)NC1CCC(=O)NC1)CS2. The molecule has 7 heteroatoms. The molecule has 0 bridgehead atoms. The number of carbonyl (C=O) groups excluding carboxylic acids is 3. The molecule has 0 aromatic heterocycles. The molecular formula is C13H19N3O3S. The molecule has 3 atom stereocenters. The average Bonchev–Trinajstić information content (AvgIpc) is 2.90. The maximum atomic E-state index is 12.4. The van der Waals surface area contributed by atoms with Crippen molar-refractivity contribution in [2.24, 2.45) is 0 Å². The Labute approximate surface area is 122 Å². The molecule has 3 amide bonds. The van der Waals surface area contributed by atoms with Gasteiger partial charge in [0.25, 0.3) is 0 Å². The normalized spacial score (nSPS) is 36.8. The van der Waals surface area contributed by atoms with E-state index >= 15 is 0 Å². The summed E-state index contributed by atoms with van der Waals surface area (Å²) in [5.41, 5.74) is 0. The van der Waals surface area contributed by atoms with Crippen molar-refractivity contribution in [3.63, 3.8) is 0 Å². The monoisotopic (exact) mass is 297 g/mol. The van der Waals surface area contributed by atoms with Crippen LogP contribution < -0.4 is 10.6 Å². The molecule has 6 nitrogen and oxygen atoms in total. The van der Waals surface area contributed by atoms with Gasteiger partial charge in [0.15, 0.2) is 0 Å². The van der Waals surface area contributed by atoms with Gasteiger partial charge in [-0.05, 0) is 19.8 Å². The molecule has 3 fully saturated rings. The van der Waals surface area contributed by atoms with Gasteiger partial charge in [-0.15, -0.1) is 11.8 Å². The topological polar surface area (TPSA) is 78.5 Å². The van der Waals surface area contributed by atoms with E-state index in [0.717, 1.165) is 6.42 Å². The number of hydrogen-bond acceptors (Lipinski definition) is 4. The van der Waals surface area contributed by atoms with E-state index in [9.17, 15) is 14.4 Å². The van der Waals surface area contributed by atoms with E-state index in [1.54, 1.807) is 16.7 Å². The highest BCUT2D eigenvalue weighted by atomic mass is 32.2. The van der Waals surface area contributed by atoms with Gasteiger partial charge in [0, 0.05) is 31.2 Å². The Kier molecular flexibility index (Phi) is 3.40. The second-order valence-corrected chi connectivity index (χ2v) is 7.32. The minimum Gasteiger partial charge on any atom is -0.354 e. The largest absolute Gasteiger partial charge is 0.354 e. The number of rotatable bonds is 2. The standard InChI is InChI=1S/C13H19N3O3S/c1-13-5-4-11(18)16(13)9(7-20-13)12(19)15-8-2-3-10(17)14-6-8/h8-9H,2-7H2,1H3,(H,14,17)(H,15,19). The fraction of sp³-hybridized carbons (Fsp3) is 0.769. The van der Waals surface area contributed by atoms with Gasteiger partial charge in [-0.2, -0.15) is 0 Å². The number of piperidine rings is 1. The van der Waals surface area contributed by atoms with Crippen LogP contribution in [0.25, 0.3) is 0 Å². The predicted octanol–water partition coefficient (Wildman–Crippen LogP) is -0.165. The molecule has 0 saturated carbocycles. The number of thioether (sulfide) groups is 1. The van der Waals surface area contributed by atoms with Crippen LogP contribution in [0.3, 0.4) is 0 Å². The van der Waals surface area contributed by atoms with Gasteiger partial charge in [-0.3, -0.25) is 14.4 Å². The maximum Gasteiger partial charge on any atom is 0.243 e. The Bertz CT molecular complexity index is 460. The number of amides is 3. The molecule has 3 rings (SSSR count). The van der Waals surface area contributed by atoms with Gasteiger partial charge in [-0.25, -0.2) is 0 Å². The summed E-state index contributed by atoms with van der Waals surface area (Å²) in [6, 6.07) is -0.382. The Balaban J connectivity index is 1.63. The third kappa shape index (κ3) is 2.28. The molecule has 110 valence electrons. The van der Waals surface area contributed by atoms with Crippen LogP contribution in [0.4, 0.5) is 0 Å². The van der Waals surface area contributed by atoms with E-state index < -0.39 is 0 Å². The zero-order valence-corrected chi connectivity index (χ0v) is 12.3. The lowest BCUT2D eigenvalue weighted by molar-refractivity contribution is -0.138. The van der Waals surface area contributed by atoms with Crippen molar-refractivity contribution in [1.82, 2.24) is 15.5 Å². The van der Waals surface area contributed by atoms with Crippen molar-refractivity contribution < 1.29 is 14.4 Å². The summed E-state index contributed by atoms with van der Waals surface area (Å²) in [6.07, 6.45) is 2.47. The summed E-state index contributed by atoms with van der Waals surface area (Å²) in [5, 5.41) is 5.72. The van der Waals surface area contributed by atoms with Gasteiger partial charge >= 0.3 is 0 Å². The molecule has 3 heterocycles. The zero-order chi connectivity index (χ0) is 14.3. The highest BCUT2D eigenvalue weighted by Gasteiger charge is 2.53. The molecule has 20 heavy (non-hydrogen) atoms. The number of carbonyl (C=O) groups is 3. The molecule has 3 unspecified atom stereocenters. The van der Waals surface area contributed by atoms with Crippen LogP contribution >= 0.6 is 11.8 Å². The molecular weight excluding hydrogens is 278 g/mol. The van der Waals surface area contributed by atoms with Gasteiger partial charge in [0.2, 0.25) is 17.7 Å². The van der Waals surface area contributed by atoms with Crippen LogP contribution in [0.5, 0.6) is 0 Å². The summed E-state index contributed by atoms with van der Waals surface area (Å²) in [4.78, 5) is 37.0. The lowest BCUT2D eigenvalue weighted by Gasteiger charge is -2.31. The molecule has 0 aromatic rings. The summed E-state index contributed by atoms with van der Waals surface area (Å²) in [7, 11) is 0. The predicted molar refractivity (Wildman–Crippen MR) is 74.9 cm³/mol. The van der Waals surface area contributed by atoms with E-state index in [-0.39, 0.29) is 34.7 Å². The second-order valence-electron chi connectivity index (χ2n) is 5.81. The third-order valence-corrected chi connectivity index (χ3v) is 5.86. The van der Waals surface area contributed by atoms with E-state index in [0.29, 0.717) is 31.6 Å². The van der Waals surface area contributed by atoms with E-state index in [1.807, 2.05) is 6.92 Å².